The third-order valence-electron chi connectivity index (χ3n) is 2.44. The molecular formula is C10H11BrFN. The molecule has 1 aliphatic carbocycles. The summed E-state index contributed by atoms with van der Waals surface area (Å²) in [5.41, 5.74) is 6.51. The van der Waals surface area contributed by atoms with Gasteiger partial charge in [-0.2, -0.15) is 0 Å². The van der Waals surface area contributed by atoms with Gasteiger partial charge in [0.05, 0.1) is 0 Å². The molecule has 0 aromatic heterocycles. The highest BCUT2D eigenvalue weighted by molar-refractivity contribution is 9.10. The van der Waals surface area contributed by atoms with Gasteiger partial charge >= 0.3 is 0 Å². The lowest BCUT2D eigenvalue weighted by atomic mass is 10.0. The van der Waals surface area contributed by atoms with E-state index in [0.29, 0.717) is 6.42 Å². The predicted molar refractivity (Wildman–Crippen MR) is 54.0 cm³/mol. The average molecular weight is 244 g/mol. The molecule has 0 radical (unpaired) electrons. The molecule has 0 atom stereocenters. The van der Waals surface area contributed by atoms with Gasteiger partial charge in [-0.05, 0) is 43.0 Å². The molecule has 70 valence electrons. The van der Waals surface area contributed by atoms with Crippen LogP contribution in [0, 0.1) is 5.82 Å². The fraction of sp³-hybridized carbons (Fsp3) is 0.400. The summed E-state index contributed by atoms with van der Waals surface area (Å²) in [7, 11) is 0. The number of rotatable bonds is 2. The van der Waals surface area contributed by atoms with E-state index in [0.717, 1.165) is 22.9 Å². The van der Waals surface area contributed by atoms with E-state index in [1.165, 1.54) is 6.07 Å². The summed E-state index contributed by atoms with van der Waals surface area (Å²) in [5.74, 6) is -0.153. The van der Waals surface area contributed by atoms with E-state index in [1.807, 2.05) is 6.07 Å². The van der Waals surface area contributed by atoms with Crippen LogP contribution in [0.25, 0.3) is 0 Å². The molecular weight excluding hydrogens is 233 g/mol. The molecule has 2 rings (SSSR count). The predicted octanol–water partition coefficient (Wildman–Crippen LogP) is 2.62. The van der Waals surface area contributed by atoms with Crippen LogP contribution < -0.4 is 5.73 Å². The minimum atomic E-state index is -0.153. The fourth-order valence-corrected chi connectivity index (χ4v) is 1.80. The topological polar surface area (TPSA) is 26.0 Å². The van der Waals surface area contributed by atoms with Crippen molar-refractivity contribution < 1.29 is 4.39 Å². The van der Waals surface area contributed by atoms with Gasteiger partial charge in [0.25, 0.3) is 0 Å². The van der Waals surface area contributed by atoms with Crippen molar-refractivity contribution in [2.24, 2.45) is 5.73 Å². The van der Waals surface area contributed by atoms with Crippen LogP contribution in [-0.4, -0.2) is 5.54 Å². The first-order chi connectivity index (χ1) is 6.09. The van der Waals surface area contributed by atoms with Crippen LogP contribution in [0.4, 0.5) is 4.39 Å². The van der Waals surface area contributed by atoms with Gasteiger partial charge < -0.3 is 5.73 Å². The van der Waals surface area contributed by atoms with Crippen molar-refractivity contribution >= 4 is 15.9 Å². The summed E-state index contributed by atoms with van der Waals surface area (Å²) in [6.07, 6.45) is 2.68. The normalized spacial score (nSPS) is 18.7. The molecule has 1 saturated carbocycles. The van der Waals surface area contributed by atoms with Crippen LogP contribution in [0.3, 0.4) is 0 Å². The van der Waals surface area contributed by atoms with Gasteiger partial charge in [0.2, 0.25) is 0 Å². The second-order valence-electron chi connectivity index (χ2n) is 3.77. The Kier molecular flexibility index (Phi) is 2.16. The van der Waals surface area contributed by atoms with Crippen LogP contribution in [-0.2, 0) is 6.42 Å². The zero-order valence-corrected chi connectivity index (χ0v) is 8.77. The second kappa shape index (κ2) is 3.07. The summed E-state index contributed by atoms with van der Waals surface area (Å²) in [6.45, 7) is 0. The smallest absolute Gasteiger partial charge is 0.126 e. The Morgan fingerprint density at radius 1 is 1.46 bits per heavy atom. The van der Waals surface area contributed by atoms with E-state index in [1.54, 1.807) is 6.07 Å². The number of halogens is 2. The molecule has 1 aromatic carbocycles. The standard InChI is InChI=1S/C10H11BrFN/c11-8-1-2-9(12)7(5-8)6-10(13)3-4-10/h1-2,5H,3-4,6,13H2. The quantitative estimate of drug-likeness (QED) is 0.850. The molecule has 1 aromatic rings. The Balaban J connectivity index is 2.23. The SMILES string of the molecule is NC1(Cc2cc(Br)ccc2F)CC1. The van der Waals surface area contributed by atoms with E-state index < -0.39 is 0 Å². The van der Waals surface area contributed by atoms with Crippen LogP contribution in [0.15, 0.2) is 22.7 Å². The van der Waals surface area contributed by atoms with E-state index in [9.17, 15) is 4.39 Å². The van der Waals surface area contributed by atoms with Crippen molar-refractivity contribution in [2.75, 3.05) is 0 Å². The lowest BCUT2D eigenvalue weighted by Gasteiger charge is -2.09. The number of benzene rings is 1. The minimum Gasteiger partial charge on any atom is -0.325 e. The Morgan fingerprint density at radius 2 is 2.15 bits per heavy atom. The molecule has 2 N–H and O–H groups in total. The number of hydrogen-bond acceptors (Lipinski definition) is 1. The molecule has 1 nitrogen and oxygen atoms in total. The van der Waals surface area contributed by atoms with Gasteiger partial charge in [0.1, 0.15) is 5.82 Å². The highest BCUT2D eigenvalue weighted by Crippen LogP contribution is 2.36. The zero-order valence-electron chi connectivity index (χ0n) is 7.19. The van der Waals surface area contributed by atoms with E-state index in [4.69, 9.17) is 5.73 Å². The Morgan fingerprint density at radius 3 is 2.77 bits per heavy atom. The van der Waals surface area contributed by atoms with E-state index in [-0.39, 0.29) is 11.4 Å². The molecule has 13 heavy (non-hydrogen) atoms. The first kappa shape index (κ1) is 9.16. The molecule has 1 fully saturated rings. The molecule has 1 aliphatic rings. The first-order valence-corrected chi connectivity index (χ1v) is 5.11. The molecule has 0 heterocycles. The average Bonchev–Trinajstić information content (AvgIpc) is 2.76. The molecule has 3 heteroatoms. The van der Waals surface area contributed by atoms with Crippen molar-refractivity contribution in [3.8, 4) is 0 Å². The largest absolute Gasteiger partial charge is 0.325 e. The van der Waals surface area contributed by atoms with Crippen molar-refractivity contribution in [3.63, 3.8) is 0 Å². The van der Waals surface area contributed by atoms with Gasteiger partial charge in [0.15, 0.2) is 0 Å². The number of nitrogens with two attached hydrogens (primary N) is 1. The van der Waals surface area contributed by atoms with Crippen LogP contribution >= 0.6 is 15.9 Å². The summed E-state index contributed by atoms with van der Waals surface area (Å²) in [5, 5.41) is 0. The molecule has 0 amide bonds. The minimum absolute atomic E-state index is 0.123. The second-order valence-corrected chi connectivity index (χ2v) is 4.69. The zero-order chi connectivity index (χ0) is 9.47. The van der Waals surface area contributed by atoms with Crippen molar-refractivity contribution in [3.05, 3.63) is 34.1 Å². The highest BCUT2D eigenvalue weighted by atomic mass is 79.9. The third-order valence-corrected chi connectivity index (χ3v) is 2.94. The van der Waals surface area contributed by atoms with Gasteiger partial charge in [-0.1, -0.05) is 15.9 Å². The maximum atomic E-state index is 13.3. The summed E-state index contributed by atoms with van der Waals surface area (Å²) < 4.78 is 14.2. The Hall–Kier alpha value is -0.410. The van der Waals surface area contributed by atoms with Crippen molar-refractivity contribution in [1.82, 2.24) is 0 Å². The monoisotopic (exact) mass is 243 g/mol. The van der Waals surface area contributed by atoms with Gasteiger partial charge in [0, 0.05) is 10.0 Å². The van der Waals surface area contributed by atoms with Gasteiger partial charge in [-0.3, -0.25) is 0 Å². The van der Waals surface area contributed by atoms with E-state index in [2.05, 4.69) is 15.9 Å². The first-order valence-electron chi connectivity index (χ1n) is 4.32. The van der Waals surface area contributed by atoms with E-state index >= 15 is 0 Å². The lowest BCUT2D eigenvalue weighted by molar-refractivity contribution is 0.582. The van der Waals surface area contributed by atoms with Crippen molar-refractivity contribution in [2.45, 2.75) is 24.8 Å². The number of hydrogen-bond donors (Lipinski definition) is 1. The maximum Gasteiger partial charge on any atom is 0.126 e. The molecule has 0 aliphatic heterocycles. The van der Waals surface area contributed by atoms with Crippen LogP contribution in [0.1, 0.15) is 18.4 Å². The van der Waals surface area contributed by atoms with Crippen LogP contribution in [0.2, 0.25) is 0 Å². The lowest BCUT2D eigenvalue weighted by Crippen LogP contribution is -2.25. The summed E-state index contributed by atoms with van der Waals surface area (Å²) >= 11 is 3.32. The van der Waals surface area contributed by atoms with Gasteiger partial charge in [-0.25, -0.2) is 4.39 Å². The Labute approximate surface area is 85.3 Å². The Bertz CT molecular complexity index is 334. The fourth-order valence-electron chi connectivity index (χ4n) is 1.40. The summed E-state index contributed by atoms with van der Waals surface area (Å²) in [4.78, 5) is 0. The molecule has 0 bridgehead atoms. The van der Waals surface area contributed by atoms with Crippen molar-refractivity contribution in [1.29, 1.82) is 0 Å². The molecule has 0 saturated heterocycles. The maximum absolute atomic E-state index is 13.3. The highest BCUT2D eigenvalue weighted by Gasteiger charge is 2.38. The van der Waals surface area contributed by atoms with Crippen LogP contribution in [0.5, 0.6) is 0 Å². The summed E-state index contributed by atoms with van der Waals surface area (Å²) in [6, 6.07) is 4.99. The molecule has 0 unspecified atom stereocenters. The van der Waals surface area contributed by atoms with Gasteiger partial charge in [-0.15, -0.1) is 0 Å². The third kappa shape index (κ3) is 2.09. The molecule has 0 spiro atoms.